The molecule has 1 aromatic rings. The summed E-state index contributed by atoms with van der Waals surface area (Å²) < 4.78 is 13.9. The van der Waals surface area contributed by atoms with Crippen LogP contribution in [0.3, 0.4) is 0 Å². The second-order valence-electron chi connectivity index (χ2n) is 5.82. The fourth-order valence-electron chi connectivity index (χ4n) is 3.09. The third-order valence-corrected chi connectivity index (χ3v) is 4.69. The molecule has 1 aliphatic rings. The minimum atomic E-state index is -0.768. The van der Waals surface area contributed by atoms with Gasteiger partial charge in [-0.05, 0) is 36.8 Å². The average molecular weight is 285 g/mol. The maximum atomic E-state index is 13.9. The summed E-state index contributed by atoms with van der Waals surface area (Å²) in [6.07, 6.45) is 6.30. The fourth-order valence-corrected chi connectivity index (χ4v) is 3.28. The SMILES string of the molecule is CCC1CCCC(O)(Cc2cccc(Cl)c2F)CC1. The van der Waals surface area contributed by atoms with Gasteiger partial charge in [0.25, 0.3) is 0 Å². The Balaban J connectivity index is 2.10. The largest absolute Gasteiger partial charge is 0.390 e. The van der Waals surface area contributed by atoms with Crippen LogP contribution >= 0.6 is 11.6 Å². The number of rotatable bonds is 3. The highest BCUT2D eigenvalue weighted by Gasteiger charge is 2.31. The monoisotopic (exact) mass is 284 g/mol. The lowest BCUT2D eigenvalue weighted by atomic mass is 9.87. The van der Waals surface area contributed by atoms with E-state index < -0.39 is 5.60 Å². The molecule has 1 aliphatic carbocycles. The molecule has 106 valence electrons. The van der Waals surface area contributed by atoms with E-state index in [4.69, 9.17) is 11.6 Å². The van der Waals surface area contributed by atoms with Gasteiger partial charge in [-0.15, -0.1) is 0 Å². The lowest BCUT2D eigenvalue weighted by Crippen LogP contribution is -2.31. The van der Waals surface area contributed by atoms with Crippen LogP contribution < -0.4 is 0 Å². The van der Waals surface area contributed by atoms with Crippen molar-refractivity contribution in [2.45, 2.75) is 57.5 Å². The van der Waals surface area contributed by atoms with Crippen molar-refractivity contribution in [2.75, 3.05) is 0 Å². The molecule has 2 unspecified atom stereocenters. The second kappa shape index (κ2) is 6.23. The van der Waals surface area contributed by atoms with Gasteiger partial charge in [-0.25, -0.2) is 4.39 Å². The Kier molecular flexibility index (Phi) is 4.86. The fraction of sp³-hybridized carbons (Fsp3) is 0.625. The molecule has 0 aliphatic heterocycles. The summed E-state index contributed by atoms with van der Waals surface area (Å²) >= 11 is 5.80. The van der Waals surface area contributed by atoms with Crippen molar-refractivity contribution in [1.29, 1.82) is 0 Å². The van der Waals surface area contributed by atoms with Gasteiger partial charge in [0.05, 0.1) is 10.6 Å². The Morgan fingerprint density at radius 3 is 2.89 bits per heavy atom. The van der Waals surface area contributed by atoms with Crippen LogP contribution in [-0.4, -0.2) is 10.7 Å². The molecule has 1 aromatic carbocycles. The highest BCUT2D eigenvalue weighted by Crippen LogP contribution is 2.35. The molecule has 3 heteroatoms. The van der Waals surface area contributed by atoms with E-state index in [0.29, 0.717) is 17.9 Å². The lowest BCUT2D eigenvalue weighted by Gasteiger charge is -2.27. The van der Waals surface area contributed by atoms with Gasteiger partial charge in [-0.1, -0.05) is 49.9 Å². The van der Waals surface area contributed by atoms with Crippen LogP contribution in [-0.2, 0) is 6.42 Å². The van der Waals surface area contributed by atoms with Gasteiger partial charge in [0.15, 0.2) is 0 Å². The summed E-state index contributed by atoms with van der Waals surface area (Å²) in [5, 5.41) is 10.9. The van der Waals surface area contributed by atoms with Crippen LogP contribution in [0.1, 0.15) is 51.0 Å². The summed E-state index contributed by atoms with van der Waals surface area (Å²) in [4.78, 5) is 0. The van der Waals surface area contributed by atoms with Gasteiger partial charge in [-0.3, -0.25) is 0 Å². The first-order valence-corrected chi connectivity index (χ1v) is 7.57. The molecule has 1 N–H and O–H groups in total. The van der Waals surface area contributed by atoms with E-state index in [-0.39, 0.29) is 10.8 Å². The molecule has 0 bridgehead atoms. The van der Waals surface area contributed by atoms with Crippen LogP contribution in [0.15, 0.2) is 18.2 Å². The molecular weight excluding hydrogens is 263 g/mol. The maximum absolute atomic E-state index is 13.9. The molecular formula is C16H22ClFO. The lowest BCUT2D eigenvalue weighted by molar-refractivity contribution is 0.0234. The van der Waals surface area contributed by atoms with Crippen LogP contribution in [0, 0.1) is 11.7 Å². The smallest absolute Gasteiger partial charge is 0.145 e. The zero-order valence-corrected chi connectivity index (χ0v) is 12.2. The molecule has 0 amide bonds. The first-order valence-electron chi connectivity index (χ1n) is 7.19. The standard InChI is InChI=1S/C16H22ClFO/c1-2-12-5-4-9-16(19,10-8-12)11-13-6-3-7-14(17)15(13)18/h3,6-7,12,19H,2,4-5,8-11H2,1H3. The van der Waals surface area contributed by atoms with Crippen molar-refractivity contribution in [3.8, 4) is 0 Å². The third kappa shape index (κ3) is 3.70. The van der Waals surface area contributed by atoms with Crippen molar-refractivity contribution in [3.05, 3.63) is 34.6 Å². The summed E-state index contributed by atoms with van der Waals surface area (Å²) in [6, 6.07) is 5.02. The Bertz CT molecular complexity index is 435. The molecule has 0 spiro atoms. The molecule has 1 saturated carbocycles. The van der Waals surface area contributed by atoms with E-state index in [0.717, 1.165) is 25.7 Å². The minimum absolute atomic E-state index is 0.140. The number of aliphatic hydroxyl groups is 1. The van der Waals surface area contributed by atoms with Crippen molar-refractivity contribution in [1.82, 2.24) is 0 Å². The van der Waals surface area contributed by atoms with Crippen LogP contribution in [0.2, 0.25) is 5.02 Å². The van der Waals surface area contributed by atoms with Gasteiger partial charge in [0.2, 0.25) is 0 Å². The van der Waals surface area contributed by atoms with E-state index in [2.05, 4.69) is 6.92 Å². The highest BCUT2D eigenvalue weighted by atomic mass is 35.5. The van der Waals surface area contributed by atoms with Crippen molar-refractivity contribution >= 4 is 11.6 Å². The molecule has 2 rings (SSSR count). The predicted octanol–water partition coefficient (Wildman–Crippen LogP) is 4.74. The average Bonchev–Trinajstić information content (AvgIpc) is 2.57. The zero-order valence-electron chi connectivity index (χ0n) is 11.5. The van der Waals surface area contributed by atoms with E-state index in [1.54, 1.807) is 18.2 Å². The van der Waals surface area contributed by atoms with E-state index in [1.807, 2.05) is 0 Å². The number of halogens is 2. The predicted molar refractivity (Wildman–Crippen MR) is 76.9 cm³/mol. The maximum Gasteiger partial charge on any atom is 0.145 e. The van der Waals surface area contributed by atoms with Crippen molar-refractivity contribution in [2.24, 2.45) is 5.92 Å². The zero-order chi connectivity index (χ0) is 13.9. The molecule has 2 atom stereocenters. The van der Waals surface area contributed by atoms with Crippen LogP contribution in [0.25, 0.3) is 0 Å². The van der Waals surface area contributed by atoms with Gasteiger partial charge in [-0.2, -0.15) is 0 Å². The molecule has 0 heterocycles. The quantitative estimate of drug-likeness (QED) is 0.795. The first kappa shape index (κ1) is 14.8. The molecule has 0 radical (unpaired) electrons. The summed E-state index contributed by atoms with van der Waals surface area (Å²) in [7, 11) is 0. The van der Waals surface area contributed by atoms with Crippen LogP contribution in [0.4, 0.5) is 4.39 Å². The van der Waals surface area contributed by atoms with E-state index in [1.165, 1.54) is 12.8 Å². The second-order valence-corrected chi connectivity index (χ2v) is 6.23. The van der Waals surface area contributed by atoms with Gasteiger partial charge < -0.3 is 5.11 Å². The van der Waals surface area contributed by atoms with Gasteiger partial charge >= 0.3 is 0 Å². The summed E-state index contributed by atoms with van der Waals surface area (Å²) in [5.41, 5.74) is -0.236. The summed E-state index contributed by atoms with van der Waals surface area (Å²) in [6.45, 7) is 2.20. The molecule has 0 saturated heterocycles. The minimum Gasteiger partial charge on any atom is -0.390 e. The van der Waals surface area contributed by atoms with E-state index >= 15 is 0 Å². The Labute approximate surface area is 119 Å². The topological polar surface area (TPSA) is 20.2 Å². The number of benzene rings is 1. The molecule has 1 fully saturated rings. The highest BCUT2D eigenvalue weighted by molar-refractivity contribution is 6.30. The molecule has 19 heavy (non-hydrogen) atoms. The van der Waals surface area contributed by atoms with E-state index in [9.17, 15) is 9.50 Å². The molecule has 1 nitrogen and oxygen atoms in total. The summed E-state index contributed by atoms with van der Waals surface area (Å²) in [5.74, 6) is 0.326. The first-order chi connectivity index (χ1) is 9.04. The third-order valence-electron chi connectivity index (χ3n) is 4.40. The Hall–Kier alpha value is -0.600. The molecule has 0 aromatic heterocycles. The number of hydrogen-bond acceptors (Lipinski definition) is 1. The van der Waals surface area contributed by atoms with Crippen molar-refractivity contribution in [3.63, 3.8) is 0 Å². The van der Waals surface area contributed by atoms with Gasteiger partial charge in [0, 0.05) is 6.42 Å². The normalized spacial score (nSPS) is 28.1. The van der Waals surface area contributed by atoms with Crippen molar-refractivity contribution < 1.29 is 9.50 Å². The Morgan fingerprint density at radius 2 is 2.16 bits per heavy atom. The van der Waals surface area contributed by atoms with Crippen LogP contribution in [0.5, 0.6) is 0 Å². The van der Waals surface area contributed by atoms with Gasteiger partial charge in [0.1, 0.15) is 5.82 Å². The number of hydrogen-bond donors (Lipinski definition) is 1. The Morgan fingerprint density at radius 1 is 1.37 bits per heavy atom.